The van der Waals surface area contributed by atoms with Crippen molar-refractivity contribution in [3.8, 4) is 11.5 Å². The molecular formula is C28H31N3O4. The van der Waals surface area contributed by atoms with E-state index >= 15 is 0 Å². The molecule has 0 fully saturated rings. The van der Waals surface area contributed by atoms with Gasteiger partial charge in [-0.05, 0) is 72.9 Å². The minimum atomic E-state index is -0.378. The third-order valence-corrected chi connectivity index (χ3v) is 6.38. The first kappa shape index (κ1) is 24.1. The quantitative estimate of drug-likeness (QED) is 0.535. The summed E-state index contributed by atoms with van der Waals surface area (Å²) in [5.41, 5.74) is 5.30. The van der Waals surface area contributed by atoms with Crippen molar-refractivity contribution in [2.24, 2.45) is 0 Å². The van der Waals surface area contributed by atoms with Crippen molar-refractivity contribution in [2.45, 2.75) is 26.3 Å². The van der Waals surface area contributed by atoms with Crippen LogP contribution in [0.2, 0.25) is 0 Å². The topological polar surface area (TPSA) is 79.9 Å². The Bertz CT molecular complexity index is 1240. The number of rotatable bonds is 6. The van der Waals surface area contributed by atoms with Gasteiger partial charge in [0, 0.05) is 24.3 Å². The van der Waals surface area contributed by atoms with Crippen LogP contribution in [0.15, 0.2) is 60.7 Å². The van der Waals surface area contributed by atoms with Crippen molar-refractivity contribution in [1.82, 2.24) is 10.2 Å². The van der Waals surface area contributed by atoms with Crippen LogP contribution in [0.25, 0.3) is 0 Å². The van der Waals surface area contributed by atoms with Gasteiger partial charge in [-0.15, -0.1) is 0 Å². The van der Waals surface area contributed by atoms with Gasteiger partial charge >= 0.3 is 6.03 Å². The summed E-state index contributed by atoms with van der Waals surface area (Å²) in [5, 5.41) is 6.05. The van der Waals surface area contributed by atoms with Gasteiger partial charge in [0.15, 0.2) is 11.5 Å². The van der Waals surface area contributed by atoms with Gasteiger partial charge < -0.3 is 25.0 Å². The monoisotopic (exact) mass is 473 g/mol. The summed E-state index contributed by atoms with van der Waals surface area (Å²) in [6, 6.07) is 18.4. The van der Waals surface area contributed by atoms with E-state index in [1.807, 2.05) is 68.4 Å². The maximum Gasteiger partial charge on any atom is 0.322 e. The van der Waals surface area contributed by atoms with E-state index in [1.165, 1.54) is 0 Å². The molecule has 1 aliphatic rings. The lowest BCUT2D eigenvalue weighted by atomic mass is 9.91. The number of hydrogen-bond donors (Lipinski definition) is 2. The zero-order valence-corrected chi connectivity index (χ0v) is 20.6. The van der Waals surface area contributed by atoms with Gasteiger partial charge in [-0.2, -0.15) is 0 Å². The minimum Gasteiger partial charge on any atom is -0.493 e. The van der Waals surface area contributed by atoms with Crippen LogP contribution in [0.3, 0.4) is 0 Å². The molecule has 3 aromatic rings. The smallest absolute Gasteiger partial charge is 0.322 e. The average molecular weight is 474 g/mol. The molecule has 0 aromatic heterocycles. The number of carbonyl (C=O) groups excluding carboxylic acids is 2. The number of hydrogen-bond acceptors (Lipinski definition) is 4. The van der Waals surface area contributed by atoms with Crippen molar-refractivity contribution < 1.29 is 19.1 Å². The van der Waals surface area contributed by atoms with Gasteiger partial charge in [0.1, 0.15) is 0 Å². The lowest BCUT2D eigenvalue weighted by Gasteiger charge is -2.38. The summed E-state index contributed by atoms with van der Waals surface area (Å²) in [6.07, 6.45) is 0.666. The van der Waals surface area contributed by atoms with Crippen molar-refractivity contribution in [3.05, 3.63) is 88.5 Å². The average Bonchev–Trinajstić information content (AvgIpc) is 2.86. The van der Waals surface area contributed by atoms with Crippen LogP contribution in [-0.4, -0.2) is 44.1 Å². The van der Waals surface area contributed by atoms with Gasteiger partial charge in [-0.1, -0.05) is 30.3 Å². The predicted molar refractivity (Wildman–Crippen MR) is 136 cm³/mol. The van der Waals surface area contributed by atoms with Gasteiger partial charge in [0.25, 0.3) is 5.91 Å². The normalized spacial score (nSPS) is 14.6. The number of nitrogens with zero attached hydrogens (tertiary/aromatic N) is 1. The Balaban J connectivity index is 1.64. The van der Waals surface area contributed by atoms with Gasteiger partial charge in [0.2, 0.25) is 0 Å². The number of benzene rings is 3. The number of urea groups is 1. The standard InChI is InChI=1S/C28H31N3O4/c1-18-8-7-10-21(14-18)30-28(33)31-13-12-20-15-25(34-3)26(35-4)16-23(20)24(31)17-29-27(32)22-11-6-5-9-19(22)2/h5-11,14-16,24H,12-13,17H2,1-4H3,(H,29,32)(H,30,33)/t24-/m1/s1. The molecule has 0 radical (unpaired) electrons. The van der Waals surface area contributed by atoms with Crippen LogP contribution >= 0.6 is 0 Å². The third kappa shape index (κ3) is 5.24. The maximum atomic E-state index is 13.4. The molecule has 35 heavy (non-hydrogen) atoms. The predicted octanol–water partition coefficient (Wildman–Crippen LogP) is 4.88. The highest BCUT2D eigenvalue weighted by molar-refractivity contribution is 5.95. The fourth-order valence-corrected chi connectivity index (χ4v) is 4.52. The summed E-state index contributed by atoms with van der Waals surface area (Å²) in [4.78, 5) is 28.1. The van der Waals surface area contributed by atoms with Crippen LogP contribution in [0.5, 0.6) is 11.5 Å². The number of aryl methyl sites for hydroxylation is 2. The molecule has 1 aliphatic heterocycles. The number of carbonyl (C=O) groups is 2. The third-order valence-electron chi connectivity index (χ3n) is 6.38. The number of fused-ring (bicyclic) bond motifs is 1. The SMILES string of the molecule is COc1cc2c(cc1OC)[C@@H](CNC(=O)c1ccccc1C)N(C(=O)Nc1cccc(C)c1)CC2. The number of nitrogens with one attached hydrogen (secondary N) is 2. The van der Waals surface area contributed by atoms with Crippen molar-refractivity contribution in [2.75, 3.05) is 32.6 Å². The molecule has 4 rings (SSSR count). The van der Waals surface area contributed by atoms with Crippen molar-refractivity contribution in [3.63, 3.8) is 0 Å². The number of ether oxygens (including phenoxy) is 2. The summed E-state index contributed by atoms with van der Waals surface area (Å²) >= 11 is 0. The van der Waals surface area contributed by atoms with Crippen LogP contribution in [0.4, 0.5) is 10.5 Å². The van der Waals surface area contributed by atoms with Crippen molar-refractivity contribution in [1.29, 1.82) is 0 Å². The second-order valence-electron chi connectivity index (χ2n) is 8.69. The maximum absolute atomic E-state index is 13.4. The molecule has 0 aliphatic carbocycles. The zero-order valence-electron chi connectivity index (χ0n) is 20.6. The molecule has 2 N–H and O–H groups in total. The van der Waals surface area contributed by atoms with Crippen LogP contribution < -0.4 is 20.1 Å². The molecule has 3 aromatic carbocycles. The lowest BCUT2D eigenvalue weighted by molar-refractivity contribution is 0.0935. The van der Waals surface area contributed by atoms with Crippen molar-refractivity contribution >= 4 is 17.6 Å². The van der Waals surface area contributed by atoms with E-state index in [1.54, 1.807) is 25.2 Å². The molecule has 3 amide bonds. The Morgan fingerprint density at radius 3 is 2.43 bits per heavy atom. The fourth-order valence-electron chi connectivity index (χ4n) is 4.52. The lowest BCUT2D eigenvalue weighted by Crippen LogP contribution is -2.47. The van der Waals surface area contributed by atoms with E-state index in [9.17, 15) is 9.59 Å². The highest BCUT2D eigenvalue weighted by atomic mass is 16.5. The molecule has 7 heteroatoms. The highest BCUT2D eigenvalue weighted by Gasteiger charge is 2.33. The first-order valence-corrected chi connectivity index (χ1v) is 11.6. The molecule has 7 nitrogen and oxygen atoms in total. The summed E-state index contributed by atoms with van der Waals surface area (Å²) in [7, 11) is 3.19. The van der Waals surface area contributed by atoms with E-state index in [4.69, 9.17) is 9.47 Å². The first-order chi connectivity index (χ1) is 16.9. The minimum absolute atomic E-state index is 0.172. The second-order valence-corrected chi connectivity index (χ2v) is 8.69. The van der Waals surface area contributed by atoms with Gasteiger partial charge in [0.05, 0.1) is 20.3 Å². The van der Waals surface area contributed by atoms with E-state index in [0.29, 0.717) is 30.0 Å². The second kappa shape index (κ2) is 10.5. The molecule has 0 bridgehead atoms. The number of amides is 3. The first-order valence-electron chi connectivity index (χ1n) is 11.6. The van der Waals surface area contributed by atoms with Crippen LogP contribution in [0, 0.1) is 13.8 Å². The van der Waals surface area contributed by atoms with Crippen LogP contribution in [0.1, 0.15) is 38.7 Å². The molecule has 0 saturated heterocycles. The molecule has 0 unspecified atom stereocenters. The molecule has 1 heterocycles. The summed E-state index contributed by atoms with van der Waals surface area (Å²) < 4.78 is 11.0. The molecule has 182 valence electrons. The van der Waals surface area contributed by atoms with Crippen LogP contribution in [-0.2, 0) is 6.42 Å². The summed E-state index contributed by atoms with van der Waals surface area (Å²) in [6.45, 7) is 4.65. The largest absolute Gasteiger partial charge is 0.493 e. The number of anilines is 1. The van der Waals surface area contributed by atoms with E-state index in [-0.39, 0.29) is 24.5 Å². The molecule has 1 atom stereocenters. The Hall–Kier alpha value is -4.00. The van der Waals surface area contributed by atoms with E-state index in [0.717, 1.165) is 27.9 Å². The number of methoxy groups -OCH3 is 2. The molecular weight excluding hydrogens is 442 g/mol. The van der Waals surface area contributed by atoms with Gasteiger partial charge in [-0.3, -0.25) is 4.79 Å². The zero-order chi connectivity index (χ0) is 24.9. The Kier molecular flexibility index (Phi) is 7.25. The summed E-state index contributed by atoms with van der Waals surface area (Å²) in [5.74, 6) is 1.06. The fraction of sp³-hybridized carbons (Fsp3) is 0.286. The molecule has 0 saturated carbocycles. The van der Waals surface area contributed by atoms with Gasteiger partial charge in [-0.25, -0.2) is 4.79 Å². The van der Waals surface area contributed by atoms with E-state index < -0.39 is 0 Å². The Morgan fingerprint density at radius 2 is 1.71 bits per heavy atom. The Labute approximate surface area is 206 Å². The molecule has 0 spiro atoms. The highest BCUT2D eigenvalue weighted by Crippen LogP contribution is 2.38. The Morgan fingerprint density at radius 1 is 0.971 bits per heavy atom. The van der Waals surface area contributed by atoms with E-state index in [2.05, 4.69) is 10.6 Å².